The summed E-state index contributed by atoms with van der Waals surface area (Å²) in [5.41, 5.74) is 5.22. The topological polar surface area (TPSA) is 90.3 Å². The van der Waals surface area contributed by atoms with Crippen LogP contribution in [0.1, 0.15) is 41.3 Å². The summed E-state index contributed by atoms with van der Waals surface area (Å²) in [6, 6.07) is 11.3. The maximum atomic E-state index is 13.5. The van der Waals surface area contributed by atoms with E-state index in [9.17, 15) is 14.4 Å². The summed E-state index contributed by atoms with van der Waals surface area (Å²) in [6.45, 7) is 1.51. The number of hydrogen-bond acceptors (Lipinski definition) is 6. The van der Waals surface area contributed by atoms with Gasteiger partial charge in [0.1, 0.15) is 10.6 Å². The van der Waals surface area contributed by atoms with Crippen LogP contribution in [0, 0.1) is 0 Å². The van der Waals surface area contributed by atoms with Crippen LogP contribution in [0.25, 0.3) is 21.3 Å². The molecule has 0 fully saturated rings. The molecule has 2 aromatic carbocycles. The molecule has 1 aliphatic heterocycles. The highest BCUT2D eigenvalue weighted by Gasteiger charge is 2.24. The van der Waals surface area contributed by atoms with E-state index in [1.165, 1.54) is 46.2 Å². The summed E-state index contributed by atoms with van der Waals surface area (Å²) < 4.78 is 6.91. The molecule has 0 spiro atoms. The van der Waals surface area contributed by atoms with Crippen LogP contribution in [0.5, 0.6) is 5.75 Å². The fraction of sp³-hybridized carbons (Fsp3) is 0.259. The predicted octanol–water partition coefficient (Wildman–Crippen LogP) is 4.61. The minimum atomic E-state index is -0.588. The molecule has 0 saturated heterocycles. The Morgan fingerprint density at radius 1 is 1.14 bits per heavy atom. The van der Waals surface area contributed by atoms with Crippen molar-refractivity contribution in [2.45, 2.75) is 45.3 Å². The van der Waals surface area contributed by atoms with E-state index in [0.29, 0.717) is 27.2 Å². The number of Topliss-reactive ketones (excluding diaryl/α,β-unsaturated/α-hetero) is 1. The Morgan fingerprint density at radius 2 is 1.97 bits per heavy atom. The Morgan fingerprint density at radius 3 is 2.83 bits per heavy atom. The van der Waals surface area contributed by atoms with Gasteiger partial charge in [-0.25, -0.2) is 4.98 Å². The molecule has 1 amide bonds. The third-order valence-electron chi connectivity index (χ3n) is 6.77. The van der Waals surface area contributed by atoms with Crippen LogP contribution in [0.15, 0.2) is 52.9 Å². The number of aryl methyl sites for hydroxylation is 2. The molecule has 0 bridgehead atoms. The largest absolute Gasteiger partial charge is 0.479 e. The van der Waals surface area contributed by atoms with Crippen molar-refractivity contribution in [2.75, 3.05) is 5.32 Å². The molecule has 1 aliphatic carbocycles. The van der Waals surface area contributed by atoms with Gasteiger partial charge in [0.25, 0.3) is 11.5 Å². The molecule has 1 atom stereocenters. The van der Waals surface area contributed by atoms with Gasteiger partial charge in [-0.15, -0.1) is 11.3 Å². The third kappa shape index (κ3) is 3.83. The molecule has 1 unspecified atom stereocenters. The number of amides is 1. The lowest BCUT2D eigenvalue weighted by atomic mass is 9.89. The van der Waals surface area contributed by atoms with Crippen LogP contribution < -0.4 is 15.6 Å². The van der Waals surface area contributed by atoms with Crippen molar-refractivity contribution in [3.05, 3.63) is 75.1 Å². The molecule has 8 heteroatoms. The SMILES string of the molecule is CC1Oc2ccc(C(=O)Cn3cnc4scc(-c5ccc6c(c5)CCCC6)c4c3=O)cc2NC1=O. The zero-order valence-corrected chi connectivity index (χ0v) is 20.0. The molecule has 1 N–H and O–H groups in total. The van der Waals surface area contributed by atoms with E-state index in [1.54, 1.807) is 25.1 Å². The van der Waals surface area contributed by atoms with Gasteiger partial charge in [0.2, 0.25) is 0 Å². The van der Waals surface area contributed by atoms with Crippen LogP contribution in [-0.4, -0.2) is 27.3 Å². The minimum absolute atomic E-state index is 0.148. The summed E-state index contributed by atoms with van der Waals surface area (Å²) in [5, 5.41) is 5.27. The first kappa shape index (κ1) is 21.7. The van der Waals surface area contributed by atoms with Crippen molar-refractivity contribution in [1.82, 2.24) is 9.55 Å². The fourth-order valence-electron chi connectivity index (χ4n) is 4.82. The van der Waals surface area contributed by atoms with E-state index in [4.69, 9.17) is 4.74 Å². The Balaban J connectivity index is 1.33. The first-order chi connectivity index (χ1) is 17.0. The number of aromatic nitrogens is 2. The number of benzene rings is 2. The zero-order valence-electron chi connectivity index (χ0n) is 19.2. The first-order valence-corrected chi connectivity index (χ1v) is 12.6. The van der Waals surface area contributed by atoms with E-state index in [2.05, 4.69) is 28.5 Å². The molecule has 176 valence electrons. The number of hydrogen-bond donors (Lipinski definition) is 1. The Labute approximate surface area is 205 Å². The molecule has 6 rings (SSSR count). The van der Waals surface area contributed by atoms with E-state index in [-0.39, 0.29) is 23.8 Å². The molecular weight excluding hydrogens is 462 g/mol. The highest BCUT2D eigenvalue weighted by atomic mass is 32.1. The van der Waals surface area contributed by atoms with Gasteiger partial charge in [0.05, 0.1) is 23.9 Å². The molecule has 2 aliphatic rings. The van der Waals surface area contributed by atoms with Gasteiger partial charge in [0.15, 0.2) is 11.9 Å². The zero-order chi connectivity index (χ0) is 24.1. The number of rotatable bonds is 4. The molecule has 7 nitrogen and oxygen atoms in total. The Kier molecular flexibility index (Phi) is 5.25. The smallest absolute Gasteiger partial charge is 0.265 e. The average Bonchev–Trinajstić information content (AvgIpc) is 3.31. The van der Waals surface area contributed by atoms with Gasteiger partial charge < -0.3 is 10.1 Å². The minimum Gasteiger partial charge on any atom is -0.479 e. The number of nitrogens with zero attached hydrogens (tertiary/aromatic N) is 2. The van der Waals surface area contributed by atoms with Crippen LogP contribution in [-0.2, 0) is 24.2 Å². The molecule has 0 radical (unpaired) electrons. The maximum absolute atomic E-state index is 13.5. The third-order valence-corrected chi connectivity index (χ3v) is 7.65. The van der Waals surface area contributed by atoms with E-state index < -0.39 is 6.10 Å². The molecule has 2 aromatic heterocycles. The van der Waals surface area contributed by atoms with E-state index >= 15 is 0 Å². The second-order valence-electron chi connectivity index (χ2n) is 9.08. The van der Waals surface area contributed by atoms with Crippen LogP contribution in [0.3, 0.4) is 0 Å². The fourth-order valence-corrected chi connectivity index (χ4v) is 5.73. The maximum Gasteiger partial charge on any atom is 0.265 e. The average molecular weight is 486 g/mol. The van der Waals surface area contributed by atoms with Crippen LogP contribution >= 0.6 is 11.3 Å². The number of nitrogens with one attached hydrogen (secondary N) is 1. The van der Waals surface area contributed by atoms with Crippen LogP contribution in [0.4, 0.5) is 5.69 Å². The lowest BCUT2D eigenvalue weighted by Crippen LogP contribution is -2.34. The van der Waals surface area contributed by atoms with E-state index in [1.807, 2.05) is 5.38 Å². The number of carbonyl (C=O) groups excluding carboxylic acids is 2. The monoisotopic (exact) mass is 485 g/mol. The van der Waals surface area contributed by atoms with Crippen molar-refractivity contribution >= 4 is 38.9 Å². The molecule has 3 heterocycles. The van der Waals surface area contributed by atoms with E-state index in [0.717, 1.165) is 24.0 Å². The van der Waals surface area contributed by atoms with Crippen molar-refractivity contribution < 1.29 is 14.3 Å². The van der Waals surface area contributed by atoms with Gasteiger partial charge in [-0.05, 0) is 67.5 Å². The van der Waals surface area contributed by atoms with Crippen molar-refractivity contribution in [3.63, 3.8) is 0 Å². The summed E-state index contributed by atoms with van der Waals surface area (Å²) in [4.78, 5) is 43.6. The number of fused-ring (bicyclic) bond motifs is 3. The Bertz CT molecular complexity index is 1570. The van der Waals surface area contributed by atoms with Gasteiger partial charge in [-0.3, -0.25) is 19.0 Å². The van der Waals surface area contributed by atoms with Crippen molar-refractivity contribution in [3.8, 4) is 16.9 Å². The number of anilines is 1. The van der Waals surface area contributed by atoms with Gasteiger partial charge in [0, 0.05) is 16.5 Å². The van der Waals surface area contributed by atoms with Gasteiger partial charge in [-0.2, -0.15) is 0 Å². The van der Waals surface area contributed by atoms with Crippen molar-refractivity contribution in [1.29, 1.82) is 0 Å². The molecule has 0 saturated carbocycles. The predicted molar refractivity (Wildman–Crippen MR) is 135 cm³/mol. The first-order valence-electron chi connectivity index (χ1n) is 11.7. The molecule has 4 aromatic rings. The standard InChI is InChI=1S/C27H23N3O4S/c1-15-25(32)29-21-11-19(8-9-23(21)34-15)22(31)12-30-14-28-26-24(27(30)33)20(13-35-26)18-7-6-16-4-2-3-5-17(16)10-18/h6-11,13-15H,2-5,12H2,1H3,(H,29,32). The molecule has 35 heavy (non-hydrogen) atoms. The van der Waals surface area contributed by atoms with Gasteiger partial charge in [-0.1, -0.05) is 18.2 Å². The summed E-state index contributed by atoms with van der Waals surface area (Å²) in [5.74, 6) is -0.00326. The number of thiophene rings is 1. The second-order valence-corrected chi connectivity index (χ2v) is 9.94. The van der Waals surface area contributed by atoms with Crippen molar-refractivity contribution in [2.24, 2.45) is 0 Å². The summed E-state index contributed by atoms with van der Waals surface area (Å²) in [6.07, 6.45) is 5.42. The highest BCUT2D eigenvalue weighted by molar-refractivity contribution is 7.17. The highest BCUT2D eigenvalue weighted by Crippen LogP contribution is 2.34. The number of ketones is 1. The summed E-state index contributed by atoms with van der Waals surface area (Å²) >= 11 is 1.44. The Hall–Kier alpha value is -3.78. The second kappa shape index (κ2) is 8.46. The molecular formula is C27H23N3O4S. The number of carbonyl (C=O) groups is 2. The number of ether oxygens (including phenoxy) is 1. The lowest BCUT2D eigenvalue weighted by Gasteiger charge is -2.23. The normalized spacial score (nSPS) is 16.8. The van der Waals surface area contributed by atoms with Crippen LogP contribution in [0.2, 0.25) is 0 Å². The van der Waals surface area contributed by atoms with Gasteiger partial charge >= 0.3 is 0 Å². The lowest BCUT2D eigenvalue weighted by molar-refractivity contribution is -0.122. The quantitative estimate of drug-likeness (QED) is 0.427. The summed E-state index contributed by atoms with van der Waals surface area (Å²) in [7, 11) is 0.